The third-order valence-electron chi connectivity index (χ3n) is 3.08. The summed E-state index contributed by atoms with van der Waals surface area (Å²) in [6, 6.07) is 0. The standard InChI is InChI=1S/C13H24O4/c1-6-17-12(13(3,4)10(2)14)9-11(15)7-8-16-5/h12H,6-9H2,1-5H3. The van der Waals surface area contributed by atoms with Crippen molar-refractivity contribution in [1.29, 1.82) is 0 Å². The second-order valence-corrected chi connectivity index (χ2v) is 4.71. The summed E-state index contributed by atoms with van der Waals surface area (Å²) in [4.78, 5) is 23.2. The normalized spacial score (nSPS) is 13.5. The maximum atomic E-state index is 11.7. The minimum atomic E-state index is -0.626. The van der Waals surface area contributed by atoms with E-state index in [1.54, 1.807) is 7.11 Å². The van der Waals surface area contributed by atoms with Crippen LogP contribution in [0, 0.1) is 5.41 Å². The van der Waals surface area contributed by atoms with Crippen molar-refractivity contribution in [2.24, 2.45) is 5.41 Å². The van der Waals surface area contributed by atoms with Crippen LogP contribution in [0.3, 0.4) is 0 Å². The van der Waals surface area contributed by atoms with Gasteiger partial charge in [0.2, 0.25) is 0 Å². The number of rotatable bonds is 9. The number of hydrogen-bond acceptors (Lipinski definition) is 4. The van der Waals surface area contributed by atoms with Gasteiger partial charge in [-0.1, -0.05) is 13.8 Å². The largest absolute Gasteiger partial charge is 0.384 e. The van der Waals surface area contributed by atoms with Crippen LogP contribution in [-0.2, 0) is 19.1 Å². The zero-order valence-corrected chi connectivity index (χ0v) is 11.5. The topological polar surface area (TPSA) is 52.6 Å². The Morgan fingerprint density at radius 1 is 1.29 bits per heavy atom. The molecule has 0 aliphatic heterocycles. The highest BCUT2D eigenvalue weighted by Gasteiger charge is 2.35. The van der Waals surface area contributed by atoms with Crippen molar-refractivity contribution in [2.75, 3.05) is 20.3 Å². The van der Waals surface area contributed by atoms with E-state index in [4.69, 9.17) is 9.47 Å². The van der Waals surface area contributed by atoms with Crippen LogP contribution in [0.15, 0.2) is 0 Å². The molecule has 0 radical (unpaired) electrons. The highest BCUT2D eigenvalue weighted by atomic mass is 16.5. The average Bonchev–Trinajstić information content (AvgIpc) is 2.25. The molecule has 1 unspecified atom stereocenters. The maximum absolute atomic E-state index is 11.7. The fourth-order valence-electron chi connectivity index (χ4n) is 1.48. The zero-order valence-electron chi connectivity index (χ0n) is 11.5. The summed E-state index contributed by atoms with van der Waals surface area (Å²) in [7, 11) is 1.56. The van der Waals surface area contributed by atoms with E-state index in [9.17, 15) is 9.59 Å². The number of carbonyl (C=O) groups is 2. The summed E-state index contributed by atoms with van der Waals surface area (Å²) >= 11 is 0. The van der Waals surface area contributed by atoms with Crippen LogP contribution in [0.5, 0.6) is 0 Å². The fourth-order valence-corrected chi connectivity index (χ4v) is 1.48. The molecular weight excluding hydrogens is 220 g/mol. The van der Waals surface area contributed by atoms with Crippen molar-refractivity contribution in [1.82, 2.24) is 0 Å². The SMILES string of the molecule is CCOC(CC(=O)CCOC)C(C)(C)C(C)=O. The molecule has 0 N–H and O–H groups in total. The lowest BCUT2D eigenvalue weighted by molar-refractivity contribution is -0.137. The number of methoxy groups -OCH3 is 1. The van der Waals surface area contributed by atoms with Gasteiger partial charge in [0.25, 0.3) is 0 Å². The summed E-state index contributed by atoms with van der Waals surface area (Å²) in [5.74, 6) is 0.107. The van der Waals surface area contributed by atoms with E-state index in [0.717, 1.165) is 0 Å². The van der Waals surface area contributed by atoms with Crippen molar-refractivity contribution in [2.45, 2.75) is 46.6 Å². The third kappa shape index (κ3) is 5.41. The van der Waals surface area contributed by atoms with E-state index in [1.807, 2.05) is 20.8 Å². The van der Waals surface area contributed by atoms with E-state index in [-0.39, 0.29) is 24.1 Å². The van der Waals surface area contributed by atoms with Crippen LogP contribution in [0.4, 0.5) is 0 Å². The zero-order chi connectivity index (χ0) is 13.5. The molecular formula is C13H24O4. The first-order valence-corrected chi connectivity index (χ1v) is 5.99. The minimum Gasteiger partial charge on any atom is -0.384 e. The molecule has 0 rings (SSSR count). The lowest BCUT2D eigenvalue weighted by Crippen LogP contribution is -2.39. The van der Waals surface area contributed by atoms with Crippen LogP contribution in [-0.4, -0.2) is 38.0 Å². The fraction of sp³-hybridized carbons (Fsp3) is 0.846. The summed E-state index contributed by atoms with van der Waals surface area (Å²) in [5.41, 5.74) is -0.626. The van der Waals surface area contributed by atoms with E-state index in [0.29, 0.717) is 19.6 Å². The molecule has 4 nitrogen and oxygen atoms in total. The van der Waals surface area contributed by atoms with Gasteiger partial charge in [0, 0.05) is 32.0 Å². The Morgan fingerprint density at radius 2 is 1.88 bits per heavy atom. The van der Waals surface area contributed by atoms with Crippen molar-refractivity contribution in [3.05, 3.63) is 0 Å². The van der Waals surface area contributed by atoms with Crippen LogP contribution in [0.1, 0.15) is 40.5 Å². The highest BCUT2D eigenvalue weighted by molar-refractivity contribution is 5.84. The van der Waals surface area contributed by atoms with Crippen LogP contribution < -0.4 is 0 Å². The van der Waals surface area contributed by atoms with Gasteiger partial charge >= 0.3 is 0 Å². The Morgan fingerprint density at radius 3 is 2.29 bits per heavy atom. The number of carbonyl (C=O) groups excluding carboxylic acids is 2. The van der Waals surface area contributed by atoms with Crippen molar-refractivity contribution >= 4 is 11.6 Å². The predicted octanol–water partition coefficient (Wildman–Crippen LogP) is 2.00. The van der Waals surface area contributed by atoms with Crippen molar-refractivity contribution in [3.63, 3.8) is 0 Å². The van der Waals surface area contributed by atoms with Gasteiger partial charge in [-0.2, -0.15) is 0 Å². The van der Waals surface area contributed by atoms with Gasteiger partial charge < -0.3 is 9.47 Å². The molecule has 0 spiro atoms. The molecule has 17 heavy (non-hydrogen) atoms. The van der Waals surface area contributed by atoms with Gasteiger partial charge in [0.15, 0.2) is 0 Å². The first-order valence-electron chi connectivity index (χ1n) is 5.99. The molecule has 0 bridgehead atoms. The molecule has 0 aromatic heterocycles. The van der Waals surface area contributed by atoms with Gasteiger partial charge in [-0.25, -0.2) is 0 Å². The van der Waals surface area contributed by atoms with Crippen LogP contribution >= 0.6 is 0 Å². The van der Waals surface area contributed by atoms with E-state index < -0.39 is 5.41 Å². The first-order chi connectivity index (χ1) is 7.86. The second kappa shape index (κ2) is 7.56. The number of ether oxygens (including phenoxy) is 2. The van der Waals surface area contributed by atoms with Gasteiger partial charge in [-0.05, 0) is 13.8 Å². The molecule has 0 amide bonds. The molecule has 0 saturated heterocycles. The molecule has 0 aromatic carbocycles. The molecule has 100 valence electrons. The maximum Gasteiger partial charge on any atom is 0.138 e. The monoisotopic (exact) mass is 244 g/mol. The summed E-state index contributed by atoms with van der Waals surface area (Å²) < 4.78 is 10.4. The number of hydrogen-bond donors (Lipinski definition) is 0. The molecule has 1 atom stereocenters. The molecule has 0 aromatic rings. The highest BCUT2D eigenvalue weighted by Crippen LogP contribution is 2.27. The molecule has 0 aliphatic carbocycles. The number of ketones is 2. The smallest absolute Gasteiger partial charge is 0.138 e. The summed E-state index contributed by atoms with van der Waals surface area (Å²) in [6.45, 7) is 7.95. The Hall–Kier alpha value is -0.740. The Labute approximate surface area is 104 Å². The third-order valence-corrected chi connectivity index (χ3v) is 3.08. The molecule has 0 saturated carbocycles. The predicted molar refractivity (Wildman–Crippen MR) is 66.0 cm³/mol. The molecule has 0 aliphatic rings. The minimum absolute atomic E-state index is 0.0375. The van der Waals surface area contributed by atoms with Crippen molar-refractivity contribution in [3.8, 4) is 0 Å². The van der Waals surface area contributed by atoms with E-state index in [1.165, 1.54) is 6.92 Å². The van der Waals surface area contributed by atoms with Gasteiger partial charge in [-0.15, -0.1) is 0 Å². The van der Waals surface area contributed by atoms with Crippen LogP contribution in [0.2, 0.25) is 0 Å². The van der Waals surface area contributed by atoms with E-state index >= 15 is 0 Å². The lowest BCUT2D eigenvalue weighted by Gasteiger charge is -2.31. The molecule has 0 heterocycles. The average molecular weight is 244 g/mol. The lowest BCUT2D eigenvalue weighted by atomic mass is 9.80. The first kappa shape index (κ1) is 16.3. The Balaban J connectivity index is 4.53. The van der Waals surface area contributed by atoms with E-state index in [2.05, 4.69) is 0 Å². The molecule has 4 heteroatoms. The Bertz CT molecular complexity index is 258. The van der Waals surface area contributed by atoms with Gasteiger partial charge in [0.1, 0.15) is 11.6 Å². The van der Waals surface area contributed by atoms with Gasteiger partial charge in [-0.3, -0.25) is 9.59 Å². The second-order valence-electron chi connectivity index (χ2n) is 4.71. The Kier molecular flexibility index (Phi) is 7.23. The summed E-state index contributed by atoms with van der Waals surface area (Å²) in [6.07, 6.45) is 0.284. The number of Topliss-reactive ketones (excluding diaryl/α,β-unsaturated/α-hetero) is 2. The van der Waals surface area contributed by atoms with Gasteiger partial charge in [0.05, 0.1) is 12.7 Å². The quantitative estimate of drug-likeness (QED) is 0.622. The van der Waals surface area contributed by atoms with Crippen molar-refractivity contribution < 1.29 is 19.1 Å². The molecule has 0 fully saturated rings. The van der Waals surface area contributed by atoms with Crippen LogP contribution in [0.25, 0.3) is 0 Å². The summed E-state index contributed by atoms with van der Waals surface area (Å²) in [5, 5.41) is 0.